The van der Waals surface area contributed by atoms with Crippen LogP contribution in [0.25, 0.3) is 0 Å². The predicted octanol–water partition coefficient (Wildman–Crippen LogP) is 3.03. The lowest BCUT2D eigenvalue weighted by atomic mass is 10.0. The van der Waals surface area contributed by atoms with Crippen LogP contribution in [0.2, 0.25) is 0 Å². The SMILES string of the molecule is CC(C)[C@H]1SC(NC[C@H](C)c2ccccc2)=NC1=O. The summed E-state index contributed by atoms with van der Waals surface area (Å²) >= 11 is 1.55. The average molecular weight is 276 g/mol. The zero-order valence-corrected chi connectivity index (χ0v) is 12.4. The summed E-state index contributed by atoms with van der Waals surface area (Å²) in [6.07, 6.45) is 0. The van der Waals surface area contributed by atoms with Crippen LogP contribution in [0, 0.1) is 5.92 Å². The first-order valence-corrected chi connectivity index (χ1v) is 7.54. The lowest BCUT2D eigenvalue weighted by molar-refractivity contribution is -0.117. The standard InChI is InChI=1S/C15H20N2OS/c1-10(2)13-14(18)17-15(19-13)16-9-11(3)12-7-5-4-6-8-12/h4-8,10-11,13H,9H2,1-3H3,(H,16,17,18)/t11-,13+/m0/s1. The smallest absolute Gasteiger partial charge is 0.261 e. The van der Waals surface area contributed by atoms with Gasteiger partial charge in [-0.15, -0.1) is 0 Å². The minimum atomic E-state index is -0.0190. The van der Waals surface area contributed by atoms with Crippen LogP contribution in [0.1, 0.15) is 32.3 Å². The van der Waals surface area contributed by atoms with Crippen LogP contribution in [0.4, 0.5) is 0 Å². The summed E-state index contributed by atoms with van der Waals surface area (Å²) in [5.41, 5.74) is 1.30. The normalized spacial score (nSPS) is 20.5. The Hall–Kier alpha value is -1.29. The number of amides is 1. The molecular weight excluding hydrogens is 256 g/mol. The molecule has 0 unspecified atom stereocenters. The van der Waals surface area contributed by atoms with Crippen LogP contribution in [-0.4, -0.2) is 22.9 Å². The highest BCUT2D eigenvalue weighted by Gasteiger charge is 2.30. The monoisotopic (exact) mass is 276 g/mol. The summed E-state index contributed by atoms with van der Waals surface area (Å²) in [6.45, 7) is 7.08. The number of nitrogens with one attached hydrogen (secondary N) is 1. The van der Waals surface area contributed by atoms with Gasteiger partial charge in [-0.3, -0.25) is 4.79 Å². The first-order chi connectivity index (χ1) is 9.08. The number of thioether (sulfide) groups is 1. The summed E-state index contributed by atoms with van der Waals surface area (Å²) in [7, 11) is 0. The summed E-state index contributed by atoms with van der Waals surface area (Å²) in [5.74, 6) is 0.722. The Labute approximate surface area is 118 Å². The third kappa shape index (κ3) is 3.60. The fourth-order valence-corrected chi connectivity index (χ4v) is 2.98. The molecule has 3 nitrogen and oxygen atoms in total. The van der Waals surface area contributed by atoms with E-state index in [1.165, 1.54) is 5.56 Å². The van der Waals surface area contributed by atoms with Gasteiger partial charge in [-0.2, -0.15) is 4.99 Å². The van der Waals surface area contributed by atoms with Crippen molar-refractivity contribution in [3.63, 3.8) is 0 Å². The largest absolute Gasteiger partial charge is 0.364 e. The molecule has 1 aromatic carbocycles. The molecule has 4 heteroatoms. The highest BCUT2D eigenvalue weighted by Crippen LogP contribution is 2.27. The quantitative estimate of drug-likeness (QED) is 0.919. The Kier molecular flexibility index (Phi) is 4.64. The third-order valence-corrected chi connectivity index (χ3v) is 4.69. The van der Waals surface area contributed by atoms with E-state index < -0.39 is 0 Å². The van der Waals surface area contributed by atoms with Crippen LogP contribution in [0.3, 0.4) is 0 Å². The number of nitrogens with zero attached hydrogens (tertiary/aromatic N) is 1. The van der Waals surface area contributed by atoms with Gasteiger partial charge in [-0.25, -0.2) is 0 Å². The number of carbonyl (C=O) groups excluding carboxylic acids is 1. The number of carbonyl (C=O) groups is 1. The first kappa shape index (κ1) is 14.1. The highest BCUT2D eigenvalue weighted by atomic mass is 32.2. The van der Waals surface area contributed by atoms with E-state index in [-0.39, 0.29) is 11.2 Å². The predicted molar refractivity (Wildman–Crippen MR) is 81.5 cm³/mol. The minimum absolute atomic E-state index is 0.00476. The molecule has 0 fully saturated rings. The van der Waals surface area contributed by atoms with Gasteiger partial charge in [0, 0.05) is 6.54 Å². The van der Waals surface area contributed by atoms with E-state index >= 15 is 0 Å². The van der Waals surface area contributed by atoms with Gasteiger partial charge in [0.15, 0.2) is 5.17 Å². The van der Waals surface area contributed by atoms with Crippen LogP contribution in [0.15, 0.2) is 35.3 Å². The van der Waals surface area contributed by atoms with Crippen molar-refractivity contribution in [2.24, 2.45) is 10.9 Å². The van der Waals surface area contributed by atoms with Crippen molar-refractivity contribution < 1.29 is 4.79 Å². The van der Waals surface area contributed by atoms with E-state index in [1.807, 2.05) is 18.2 Å². The maximum Gasteiger partial charge on any atom is 0.261 e. The summed E-state index contributed by atoms with van der Waals surface area (Å²) in [4.78, 5) is 15.8. The molecule has 1 aliphatic heterocycles. The average Bonchev–Trinajstić information content (AvgIpc) is 2.78. The Morgan fingerprint density at radius 2 is 1.95 bits per heavy atom. The molecule has 1 aliphatic rings. The van der Waals surface area contributed by atoms with E-state index in [1.54, 1.807) is 11.8 Å². The molecule has 0 aromatic heterocycles. The van der Waals surface area contributed by atoms with E-state index in [0.717, 1.165) is 11.7 Å². The van der Waals surface area contributed by atoms with Gasteiger partial charge >= 0.3 is 0 Å². The Morgan fingerprint density at radius 3 is 2.53 bits per heavy atom. The Bertz CT molecular complexity index is 470. The van der Waals surface area contributed by atoms with Crippen LogP contribution in [-0.2, 0) is 4.79 Å². The summed E-state index contributed by atoms with van der Waals surface area (Å²) < 4.78 is 0. The zero-order chi connectivity index (χ0) is 13.8. The lowest BCUT2D eigenvalue weighted by Gasteiger charge is -2.14. The number of rotatable bonds is 4. The number of amidine groups is 1. The first-order valence-electron chi connectivity index (χ1n) is 6.66. The molecule has 0 radical (unpaired) electrons. The number of hydrogen-bond acceptors (Lipinski definition) is 3. The molecule has 1 heterocycles. The molecule has 0 bridgehead atoms. The number of hydrogen-bond donors (Lipinski definition) is 1. The highest BCUT2D eigenvalue weighted by molar-refractivity contribution is 8.15. The van der Waals surface area contributed by atoms with Crippen molar-refractivity contribution >= 4 is 22.8 Å². The number of aliphatic imine (C=N–C) groups is 1. The fraction of sp³-hybridized carbons (Fsp3) is 0.467. The van der Waals surface area contributed by atoms with Crippen molar-refractivity contribution in [2.75, 3.05) is 6.54 Å². The molecule has 2 atom stereocenters. The van der Waals surface area contributed by atoms with E-state index in [0.29, 0.717) is 11.8 Å². The molecule has 2 rings (SSSR count). The molecule has 0 saturated heterocycles. The molecule has 102 valence electrons. The number of benzene rings is 1. The maximum absolute atomic E-state index is 11.7. The molecule has 0 spiro atoms. The van der Waals surface area contributed by atoms with Crippen molar-refractivity contribution in [3.8, 4) is 0 Å². The lowest BCUT2D eigenvalue weighted by Crippen LogP contribution is -2.25. The third-order valence-electron chi connectivity index (χ3n) is 3.23. The minimum Gasteiger partial charge on any atom is -0.364 e. The maximum atomic E-state index is 11.7. The van der Waals surface area contributed by atoms with Gasteiger partial charge in [-0.1, -0.05) is 62.9 Å². The summed E-state index contributed by atoms with van der Waals surface area (Å²) in [5, 5.41) is 4.04. The molecule has 1 N–H and O–H groups in total. The van der Waals surface area contributed by atoms with E-state index in [2.05, 4.69) is 43.2 Å². The van der Waals surface area contributed by atoms with Gasteiger partial charge in [-0.05, 0) is 17.4 Å². The van der Waals surface area contributed by atoms with Gasteiger partial charge < -0.3 is 5.32 Å². The second-order valence-electron chi connectivity index (χ2n) is 5.23. The topological polar surface area (TPSA) is 41.5 Å². The van der Waals surface area contributed by atoms with E-state index in [4.69, 9.17) is 0 Å². The van der Waals surface area contributed by atoms with Crippen molar-refractivity contribution in [1.82, 2.24) is 5.32 Å². The van der Waals surface area contributed by atoms with Crippen molar-refractivity contribution in [1.29, 1.82) is 0 Å². The van der Waals surface area contributed by atoms with Gasteiger partial charge in [0.1, 0.15) is 0 Å². The van der Waals surface area contributed by atoms with Gasteiger partial charge in [0.25, 0.3) is 5.91 Å². The van der Waals surface area contributed by atoms with Crippen LogP contribution < -0.4 is 5.32 Å². The molecule has 1 amide bonds. The van der Waals surface area contributed by atoms with Crippen molar-refractivity contribution in [2.45, 2.75) is 31.9 Å². The molecule has 0 saturated carbocycles. The summed E-state index contributed by atoms with van der Waals surface area (Å²) in [6, 6.07) is 10.4. The molecular formula is C15H20N2OS. The van der Waals surface area contributed by atoms with Gasteiger partial charge in [0.2, 0.25) is 0 Å². The molecule has 1 aromatic rings. The van der Waals surface area contributed by atoms with Crippen LogP contribution >= 0.6 is 11.8 Å². The van der Waals surface area contributed by atoms with E-state index in [9.17, 15) is 4.79 Å². The second-order valence-corrected chi connectivity index (χ2v) is 6.36. The molecule has 0 aliphatic carbocycles. The zero-order valence-electron chi connectivity index (χ0n) is 11.6. The second kappa shape index (κ2) is 6.24. The fourth-order valence-electron chi connectivity index (χ4n) is 2.00. The molecule has 19 heavy (non-hydrogen) atoms. The Morgan fingerprint density at radius 1 is 1.26 bits per heavy atom. The van der Waals surface area contributed by atoms with Gasteiger partial charge in [0.05, 0.1) is 5.25 Å². The van der Waals surface area contributed by atoms with Crippen molar-refractivity contribution in [3.05, 3.63) is 35.9 Å². The Balaban J connectivity index is 1.87. The van der Waals surface area contributed by atoms with Crippen LogP contribution in [0.5, 0.6) is 0 Å².